The number of hydrogen-bond donors (Lipinski definition) is 4. The number of fused-ring (bicyclic) bond motifs is 1. The van der Waals surface area contributed by atoms with Crippen molar-refractivity contribution in [2.24, 2.45) is 0 Å². The molecule has 0 saturated carbocycles. The minimum absolute atomic E-state index is 0.123. The van der Waals surface area contributed by atoms with Gasteiger partial charge >= 0.3 is 10.4 Å². The second-order valence-electron chi connectivity index (χ2n) is 4.90. The fraction of sp³-hybridized carbons (Fsp3) is 0.500. The van der Waals surface area contributed by atoms with Crippen LogP contribution in [0.3, 0.4) is 0 Å². The zero-order valence-corrected chi connectivity index (χ0v) is 12.6. The minimum Gasteiger partial charge on any atom is -0.387 e. The number of nitrogens with zero attached hydrogens (tertiary/aromatic N) is 4. The van der Waals surface area contributed by atoms with Crippen LogP contribution in [0.2, 0.25) is 0 Å². The summed E-state index contributed by atoms with van der Waals surface area (Å²) in [6.07, 6.45) is -2.75. The second-order valence-corrected chi connectivity index (χ2v) is 6.10. The van der Waals surface area contributed by atoms with E-state index in [-0.39, 0.29) is 17.0 Å². The largest absolute Gasteiger partial charge is 0.426 e. The van der Waals surface area contributed by atoms with Crippen molar-refractivity contribution in [1.29, 1.82) is 0 Å². The summed E-state index contributed by atoms with van der Waals surface area (Å²) in [5.41, 5.74) is 6.20. The molecule has 0 aliphatic carbocycles. The van der Waals surface area contributed by atoms with Crippen LogP contribution in [0.5, 0.6) is 0 Å². The third kappa shape index (κ3) is 2.91. The van der Waals surface area contributed by atoms with Gasteiger partial charge in [0.25, 0.3) is 0 Å². The third-order valence-electron chi connectivity index (χ3n) is 3.47. The summed E-state index contributed by atoms with van der Waals surface area (Å²) >= 11 is 0. The van der Waals surface area contributed by atoms with E-state index in [0.717, 1.165) is 0 Å². The fourth-order valence-electron chi connectivity index (χ4n) is 2.32. The number of nitrogens with two attached hydrogens (primary N) is 1. The number of anilines is 1. The van der Waals surface area contributed by atoms with Gasteiger partial charge in [-0.05, 0) is 0 Å². The molecule has 2 aromatic rings. The number of aromatic nitrogens is 4. The van der Waals surface area contributed by atoms with Crippen molar-refractivity contribution in [3.05, 3.63) is 12.7 Å². The summed E-state index contributed by atoms with van der Waals surface area (Å²) in [6, 6.07) is 0. The van der Waals surface area contributed by atoms with E-state index < -0.39 is 41.5 Å². The highest BCUT2D eigenvalue weighted by Crippen LogP contribution is 2.32. The SMILES string of the molecule is Nc1ncnc2c1ncn2[C@@H]1O[C@H](COS(=O)(=O)OO)[C@@H](O)[C@H]1O. The molecular formula is C10H13N5O8S. The summed E-state index contributed by atoms with van der Waals surface area (Å²) in [5.74, 6) is 0.123. The fourth-order valence-corrected chi connectivity index (χ4v) is 2.67. The van der Waals surface area contributed by atoms with Gasteiger partial charge in [-0.25, -0.2) is 24.4 Å². The summed E-state index contributed by atoms with van der Waals surface area (Å²) in [4.78, 5) is 11.8. The Hall–Kier alpha value is -1.94. The molecule has 1 fully saturated rings. The number of hydrogen-bond acceptors (Lipinski definition) is 12. The van der Waals surface area contributed by atoms with Gasteiger partial charge in [0.05, 0.1) is 12.9 Å². The zero-order chi connectivity index (χ0) is 17.5. The smallest absolute Gasteiger partial charge is 0.387 e. The Morgan fingerprint density at radius 2 is 2.04 bits per heavy atom. The molecule has 0 unspecified atom stereocenters. The van der Waals surface area contributed by atoms with Gasteiger partial charge in [0, 0.05) is 0 Å². The molecule has 0 amide bonds. The minimum atomic E-state index is -4.63. The predicted octanol–water partition coefficient (Wildman–Crippen LogP) is -2.22. The zero-order valence-electron chi connectivity index (χ0n) is 11.8. The molecule has 13 nitrogen and oxygen atoms in total. The Kier molecular flexibility index (Phi) is 4.35. The van der Waals surface area contributed by atoms with Gasteiger partial charge in [-0.2, -0.15) is 8.42 Å². The van der Waals surface area contributed by atoms with Crippen molar-refractivity contribution in [3.63, 3.8) is 0 Å². The second kappa shape index (κ2) is 6.17. The van der Waals surface area contributed by atoms with E-state index in [9.17, 15) is 18.6 Å². The quantitative estimate of drug-likeness (QED) is 0.331. The molecule has 1 aliphatic rings. The summed E-state index contributed by atoms with van der Waals surface area (Å²) in [7, 11) is -4.63. The average molecular weight is 363 g/mol. The molecule has 5 N–H and O–H groups in total. The maximum absolute atomic E-state index is 10.9. The van der Waals surface area contributed by atoms with Crippen molar-refractivity contribution >= 4 is 27.4 Å². The van der Waals surface area contributed by atoms with Crippen molar-refractivity contribution in [1.82, 2.24) is 19.5 Å². The Balaban J connectivity index is 1.83. The first kappa shape index (κ1) is 16.9. The third-order valence-corrected chi connectivity index (χ3v) is 4.07. The number of ether oxygens (including phenoxy) is 1. The molecule has 132 valence electrons. The number of aliphatic hydroxyl groups is 2. The lowest BCUT2D eigenvalue weighted by Gasteiger charge is -2.16. The molecular weight excluding hydrogens is 350 g/mol. The highest BCUT2D eigenvalue weighted by Gasteiger charge is 2.45. The summed E-state index contributed by atoms with van der Waals surface area (Å²) in [5, 5.41) is 28.2. The van der Waals surface area contributed by atoms with Crippen molar-refractivity contribution in [2.45, 2.75) is 24.5 Å². The van der Waals surface area contributed by atoms with Crippen LogP contribution in [0.4, 0.5) is 5.82 Å². The van der Waals surface area contributed by atoms with Gasteiger partial charge in [0.1, 0.15) is 30.2 Å². The molecule has 0 bridgehead atoms. The van der Waals surface area contributed by atoms with Crippen molar-refractivity contribution in [3.8, 4) is 0 Å². The molecule has 3 heterocycles. The number of aliphatic hydroxyl groups excluding tert-OH is 2. The molecule has 0 radical (unpaired) electrons. The standard InChI is InChI=1S/C10H13N5O8S/c11-8-5-9(13-2-12-8)15(3-14-5)10-7(17)6(16)4(22-10)1-21-24(19,20)23-18/h2-4,6-7,10,16-18H,1H2,(H2,11,12,13)/t4-,6-,7-,10-/m1/s1. The van der Waals surface area contributed by atoms with Crippen LogP contribution >= 0.6 is 0 Å². The average Bonchev–Trinajstić information content (AvgIpc) is 3.10. The van der Waals surface area contributed by atoms with Crippen LogP contribution in [0, 0.1) is 0 Å². The van der Waals surface area contributed by atoms with Gasteiger partial charge in [-0.3, -0.25) is 4.57 Å². The van der Waals surface area contributed by atoms with Gasteiger partial charge in [0.2, 0.25) is 0 Å². The van der Waals surface area contributed by atoms with Crippen LogP contribution in [0.25, 0.3) is 11.2 Å². The van der Waals surface area contributed by atoms with Crippen LogP contribution in [-0.2, 0) is 23.7 Å². The van der Waals surface area contributed by atoms with Crippen LogP contribution in [-0.4, -0.2) is 68.3 Å². The molecule has 1 saturated heterocycles. The first-order chi connectivity index (χ1) is 11.3. The normalized spacial score (nSPS) is 27.8. The topological polar surface area (TPSA) is 192 Å². The van der Waals surface area contributed by atoms with Crippen LogP contribution in [0.1, 0.15) is 6.23 Å². The van der Waals surface area contributed by atoms with Crippen molar-refractivity contribution in [2.75, 3.05) is 12.3 Å². The summed E-state index contributed by atoms with van der Waals surface area (Å²) in [6.45, 7) is -0.693. The van der Waals surface area contributed by atoms with E-state index in [1.165, 1.54) is 17.2 Å². The molecule has 4 atom stereocenters. The van der Waals surface area contributed by atoms with Gasteiger partial charge in [-0.15, -0.1) is 0 Å². The Morgan fingerprint density at radius 1 is 1.29 bits per heavy atom. The maximum atomic E-state index is 10.9. The van der Waals surface area contributed by atoms with Gasteiger partial charge in [-0.1, -0.05) is 4.33 Å². The predicted molar refractivity (Wildman–Crippen MR) is 74.2 cm³/mol. The van der Waals surface area contributed by atoms with E-state index in [0.29, 0.717) is 0 Å². The molecule has 1 aliphatic heterocycles. The molecule has 2 aromatic heterocycles. The van der Waals surface area contributed by atoms with Crippen LogP contribution < -0.4 is 5.73 Å². The molecule has 3 rings (SSSR count). The van der Waals surface area contributed by atoms with Crippen molar-refractivity contribution < 1.29 is 37.1 Å². The van der Waals surface area contributed by atoms with E-state index in [1.54, 1.807) is 0 Å². The molecule has 14 heteroatoms. The van der Waals surface area contributed by atoms with E-state index in [4.69, 9.17) is 15.7 Å². The first-order valence-electron chi connectivity index (χ1n) is 6.51. The Morgan fingerprint density at radius 3 is 2.75 bits per heavy atom. The Labute approximate surface area is 134 Å². The lowest BCUT2D eigenvalue weighted by Crippen LogP contribution is -2.34. The lowest BCUT2D eigenvalue weighted by molar-refractivity contribution is -0.145. The number of rotatable bonds is 5. The lowest BCUT2D eigenvalue weighted by atomic mass is 10.1. The van der Waals surface area contributed by atoms with Gasteiger partial charge in [0.15, 0.2) is 17.7 Å². The maximum Gasteiger partial charge on any atom is 0.426 e. The highest BCUT2D eigenvalue weighted by atomic mass is 32.3. The summed E-state index contributed by atoms with van der Waals surface area (Å²) < 4.78 is 36.0. The highest BCUT2D eigenvalue weighted by molar-refractivity contribution is 7.81. The molecule has 0 aromatic carbocycles. The first-order valence-corrected chi connectivity index (χ1v) is 7.84. The number of nitrogen functional groups attached to an aromatic ring is 1. The van der Waals surface area contributed by atoms with E-state index >= 15 is 0 Å². The monoisotopic (exact) mass is 363 g/mol. The van der Waals surface area contributed by atoms with E-state index in [1.807, 2.05) is 0 Å². The number of imidazole rings is 1. The van der Waals surface area contributed by atoms with Gasteiger partial charge < -0.3 is 20.7 Å². The van der Waals surface area contributed by atoms with E-state index in [2.05, 4.69) is 23.5 Å². The molecule has 0 spiro atoms. The molecule has 24 heavy (non-hydrogen) atoms. The van der Waals surface area contributed by atoms with Crippen LogP contribution in [0.15, 0.2) is 12.7 Å². The Bertz CT molecular complexity index is 841.